The minimum absolute atomic E-state index is 0.0871. The fourth-order valence-corrected chi connectivity index (χ4v) is 3.30. The van der Waals surface area contributed by atoms with E-state index < -0.39 is 10.0 Å². The van der Waals surface area contributed by atoms with Crippen LogP contribution in [0.4, 0.5) is 0 Å². The molecule has 0 aliphatic heterocycles. The van der Waals surface area contributed by atoms with Crippen molar-refractivity contribution in [2.75, 3.05) is 34.0 Å². The molecule has 7 nitrogen and oxygen atoms in total. The number of sulfonamides is 1. The summed E-state index contributed by atoms with van der Waals surface area (Å²) >= 11 is 0. The smallest absolute Gasteiger partial charge is 0.260 e. The van der Waals surface area contributed by atoms with Crippen LogP contribution in [0.2, 0.25) is 0 Å². The molecule has 0 saturated heterocycles. The predicted molar refractivity (Wildman–Crippen MR) is 70.4 cm³/mol. The Morgan fingerprint density at radius 3 is 2.58 bits per heavy atom. The van der Waals surface area contributed by atoms with E-state index in [-0.39, 0.29) is 17.6 Å². The Morgan fingerprint density at radius 2 is 2.11 bits per heavy atom. The van der Waals surface area contributed by atoms with Crippen molar-refractivity contribution >= 4 is 10.0 Å². The van der Waals surface area contributed by atoms with Gasteiger partial charge in [-0.15, -0.1) is 0 Å². The Kier molecular flexibility index (Phi) is 5.92. The van der Waals surface area contributed by atoms with E-state index in [0.29, 0.717) is 19.0 Å². The van der Waals surface area contributed by atoms with Crippen LogP contribution in [-0.2, 0) is 19.5 Å². The van der Waals surface area contributed by atoms with E-state index in [4.69, 9.17) is 9.47 Å². The number of hydrogen-bond acceptors (Lipinski definition) is 5. The van der Waals surface area contributed by atoms with Gasteiger partial charge >= 0.3 is 0 Å². The first-order valence-corrected chi connectivity index (χ1v) is 7.38. The van der Waals surface area contributed by atoms with E-state index in [1.807, 2.05) is 0 Å². The highest BCUT2D eigenvalue weighted by Crippen LogP contribution is 2.16. The first kappa shape index (κ1) is 16.1. The average molecular weight is 291 g/mol. The van der Waals surface area contributed by atoms with Gasteiger partial charge in [0, 0.05) is 26.8 Å². The van der Waals surface area contributed by atoms with Crippen molar-refractivity contribution in [1.29, 1.82) is 0 Å². The largest absolute Gasteiger partial charge is 0.383 e. The van der Waals surface area contributed by atoms with Crippen LogP contribution in [0, 0.1) is 6.92 Å². The summed E-state index contributed by atoms with van der Waals surface area (Å²) in [5.74, 6) is 0.560. The third kappa shape index (κ3) is 4.00. The number of ether oxygens (including phenoxy) is 2. The van der Waals surface area contributed by atoms with Gasteiger partial charge in [0.2, 0.25) is 0 Å². The second-order valence-corrected chi connectivity index (χ2v) is 6.10. The second kappa shape index (κ2) is 6.99. The first-order valence-electron chi connectivity index (χ1n) is 5.94. The van der Waals surface area contributed by atoms with Crippen LogP contribution < -0.4 is 0 Å². The molecule has 1 rings (SSSR count). The summed E-state index contributed by atoms with van der Waals surface area (Å²) in [7, 11) is -0.545. The number of imidazole rings is 1. The van der Waals surface area contributed by atoms with Crippen molar-refractivity contribution in [3.63, 3.8) is 0 Å². The van der Waals surface area contributed by atoms with Gasteiger partial charge in [-0.25, -0.2) is 13.4 Å². The number of rotatable bonds is 8. The lowest BCUT2D eigenvalue weighted by molar-refractivity contribution is 0.119. The Labute approximate surface area is 114 Å². The fourth-order valence-electron chi connectivity index (χ4n) is 1.74. The number of methoxy groups -OCH3 is 2. The molecular weight excluding hydrogens is 270 g/mol. The Hall–Kier alpha value is -0.960. The average Bonchev–Trinajstić information content (AvgIpc) is 2.77. The highest BCUT2D eigenvalue weighted by atomic mass is 32.2. The number of aromatic amines is 1. The van der Waals surface area contributed by atoms with Gasteiger partial charge in [0.05, 0.1) is 19.4 Å². The van der Waals surface area contributed by atoms with Gasteiger partial charge in [-0.05, 0) is 13.8 Å². The molecule has 0 saturated carbocycles. The topological polar surface area (TPSA) is 84.5 Å². The van der Waals surface area contributed by atoms with Crippen molar-refractivity contribution in [1.82, 2.24) is 14.3 Å². The summed E-state index contributed by atoms with van der Waals surface area (Å²) in [6.45, 7) is 4.40. The van der Waals surface area contributed by atoms with Crippen LogP contribution in [0.1, 0.15) is 12.7 Å². The summed E-state index contributed by atoms with van der Waals surface area (Å²) < 4.78 is 36.4. The third-order valence-electron chi connectivity index (χ3n) is 2.68. The predicted octanol–water partition coefficient (Wildman–Crippen LogP) is 0.390. The zero-order chi connectivity index (χ0) is 14.5. The van der Waals surface area contributed by atoms with Crippen molar-refractivity contribution < 1.29 is 17.9 Å². The maximum Gasteiger partial charge on any atom is 0.260 e. The van der Waals surface area contributed by atoms with Gasteiger partial charge in [0.1, 0.15) is 5.82 Å². The number of aryl methyl sites for hydroxylation is 1. The Bertz CT molecular complexity index is 486. The molecule has 110 valence electrons. The zero-order valence-electron chi connectivity index (χ0n) is 11.7. The molecule has 19 heavy (non-hydrogen) atoms. The van der Waals surface area contributed by atoms with E-state index in [2.05, 4.69) is 9.97 Å². The van der Waals surface area contributed by atoms with Gasteiger partial charge in [-0.1, -0.05) is 0 Å². The molecule has 0 amide bonds. The molecule has 0 spiro atoms. The molecule has 0 aliphatic carbocycles. The standard InChI is InChI=1S/C11H21N3O4S/c1-9(8-18-4)14(5-6-17-3)19(15,16)11-7-12-10(2)13-11/h7,9H,5-6,8H2,1-4H3,(H,12,13). The normalized spacial score (nSPS) is 13.9. The van der Waals surface area contributed by atoms with E-state index >= 15 is 0 Å². The minimum Gasteiger partial charge on any atom is -0.383 e. The van der Waals surface area contributed by atoms with Crippen LogP contribution in [0.3, 0.4) is 0 Å². The molecule has 1 aromatic heterocycles. The van der Waals surface area contributed by atoms with E-state index in [1.54, 1.807) is 13.8 Å². The van der Waals surface area contributed by atoms with Gasteiger partial charge in [0.25, 0.3) is 10.0 Å². The van der Waals surface area contributed by atoms with Gasteiger partial charge in [0.15, 0.2) is 5.03 Å². The lowest BCUT2D eigenvalue weighted by Crippen LogP contribution is -2.43. The molecule has 0 radical (unpaired) electrons. The van der Waals surface area contributed by atoms with Gasteiger partial charge < -0.3 is 14.5 Å². The van der Waals surface area contributed by atoms with Gasteiger partial charge in [-0.2, -0.15) is 4.31 Å². The number of H-pyrrole nitrogens is 1. The fraction of sp³-hybridized carbons (Fsp3) is 0.727. The van der Waals surface area contributed by atoms with Crippen molar-refractivity contribution in [3.8, 4) is 0 Å². The number of nitrogens with zero attached hydrogens (tertiary/aromatic N) is 2. The Morgan fingerprint density at radius 1 is 1.42 bits per heavy atom. The highest BCUT2D eigenvalue weighted by Gasteiger charge is 2.30. The number of hydrogen-bond donors (Lipinski definition) is 1. The molecule has 1 atom stereocenters. The molecule has 0 aromatic carbocycles. The molecule has 1 aromatic rings. The summed E-state index contributed by atoms with van der Waals surface area (Å²) in [6.07, 6.45) is 1.32. The van der Waals surface area contributed by atoms with E-state index in [0.717, 1.165) is 0 Å². The van der Waals surface area contributed by atoms with E-state index in [9.17, 15) is 8.42 Å². The number of nitrogens with one attached hydrogen (secondary N) is 1. The minimum atomic E-state index is -3.62. The van der Waals surface area contributed by atoms with E-state index in [1.165, 1.54) is 24.7 Å². The second-order valence-electron chi connectivity index (χ2n) is 4.25. The zero-order valence-corrected chi connectivity index (χ0v) is 12.5. The maximum absolute atomic E-state index is 12.5. The van der Waals surface area contributed by atoms with Crippen molar-refractivity contribution in [2.45, 2.75) is 24.9 Å². The summed E-state index contributed by atoms with van der Waals surface area (Å²) in [4.78, 5) is 6.67. The Balaban J connectivity index is 3.01. The van der Waals surface area contributed by atoms with Crippen LogP contribution in [-0.4, -0.2) is 62.7 Å². The lowest BCUT2D eigenvalue weighted by Gasteiger charge is -2.26. The first-order chi connectivity index (χ1) is 8.93. The SMILES string of the molecule is COCCN(C(C)COC)S(=O)(=O)c1cnc(C)[nH]1. The monoisotopic (exact) mass is 291 g/mol. The molecule has 0 bridgehead atoms. The molecule has 1 N–H and O–H groups in total. The van der Waals surface area contributed by atoms with Crippen LogP contribution >= 0.6 is 0 Å². The summed E-state index contributed by atoms with van der Waals surface area (Å²) in [6, 6.07) is -0.284. The van der Waals surface area contributed by atoms with Crippen LogP contribution in [0.15, 0.2) is 11.2 Å². The highest BCUT2D eigenvalue weighted by molar-refractivity contribution is 7.89. The third-order valence-corrected chi connectivity index (χ3v) is 4.60. The summed E-state index contributed by atoms with van der Waals surface area (Å²) in [5, 5.41) is 0.0871. The lowest BCUT2D eigenvalue weighted by atomic mass is 10.3. The molecule has 8 heteroatoms. The molecule has 1 unspecified atom stereocenters. The van der Waals surface area contributed by atoms with Crippen molar-refractivity contribution in [3.05, 3.63) is 12.0 Å². The molecule has 1 heterocycles. The molecule has 0 aliphatic rings. The molecular formula is C11H21N3O4S. The van der Waals surface area contributed by atoms with Crippen molar-refractivity contribution in [2.24, 2.45) is 0 Å². The van der Waals surface area contributed by atoms with Gasteiger partial charge in [-0.3, -0.25) is 0 Å². The quantitative estimate of drug-likeness (QED) is 0.749. The number of aromatic nitrogens is 2. The van der Waals surface area contributed by atoms with Crippen LogP contribution in [0.5, 0.6) is 0 Å². The van der Waals surface area contributed by atoms with Crippen LogP contribution in [0.25, 0.3) is 0 Å². The molecule has 0 fully saturated rings. The maximum atomic E-state index is 12.5. The summed E-state index contributed by atoms with van der Waals surface area (Å²) in [5.41, 5.74) is 0.